The van der Waals surface area contributed by atoms with Gasteiger partial charge in [0.05, 0.1) is 5.60 Å². The number of hydrogen-bond acceptors (Lipinski definition) is 3. The molecule has 5 heteroatoms. The van der Waals surface area contributed by atoms with E-state index < -0.39 is 5.60 Å². The number of H-pyrrole nitrogens is 1. The number of nitrogens with one attached hydrogen (secondary N) is 2. The third-order valence-corrected chi connectivity index (χ3v) is 4.57. The molecule has 1 heterocycles. The van der Waals surface area contributed by atoms with Crippen LogP contribution < -0.4 is 5.32 Å². The molecule has 0 aliphatic carbocycles. The highest BCUT2D eigenvalue weighted by atomic mass is 32.2. The van der Waals surface area contributed by atoms with Gasteiger partial charge in [0.15, 0.2) is 0 Å². The van der Waals surface area contributed by atoms with Crippen molar-refractivity contribution in [2.24, 2.45) is 0 Å². The van der Waals surface area contributed by atoms with Crippen LogP contribution in [-0.2, 0) is 0 Å². The number of fused-ring (bicyclic) bond motifs is 1. The Kier molecular flexibility index (Phi) is 4.64. The number of benzene rings is 1. The number of aryl methyl sites for hydroxylation is 2. The van der Waals surface area contributed by atoms with Gasteiger partial charge in [0.2, 0.25) is 0 Å². The van der Waals surface area contributed by atoms with Gasteiger partial charge in [0.1, 0.15) is 0 Å². The number of thioether (sulfide) groups is 1. The average Bonchev–Trinajstić information content (AvgIpc) is 2.71. The number of carbonyl (C=O) groups is 1. The van der Waals surface area contributed by atoms with Crippen molar-refractivity contribution in [3.8, 4) is 0 Å². The highest BCUT2D eigenvalue weighted by molar-refractivity contribution is 7.98. The van der Waals surface area contributed by atoms with Crippen LogP contribution in [0.3, 0.4) is 0 Å². The molecule has 21 heavy (non-hydrogen) atoms. The van der Waals surface area contributed by atoms with Crippen LogP contribution in [0.15, 0.2) is 18.2 Å². The summed E-state index contributed by atoms with van der Waals surface area (Å²) >= 11 is 1.56. The Balaban J connectivity index is 2.14. The van der Waals surface area contributed by atoms with Crippen molar-refractivity contribution in [1.29, 1.82) is 0 Å². The fourth-order valence-corrected chi connectivity index (χ4v) is 3.06. The second-order valence-electron chi connectivity index (χ2n) is 5.75. The lowest BCUT2D eigenvalue weighted by Crippen LogP contribution is -2.42. The molecule has 0 spiro atoms. The summed E-state index contributed by atoms with van der Waals surface area (Å²) in [7, 11) is 0. The zero-order valence-corrected chi connectivity index (χ0v) is 13.7. The van der Waals surface area contributed by atoms with Crippen molar-refractivity contribution < 1.29 is 9.90 Å². The molecule has 0 bridgehead atoms. The van der Waals surface area contributed by atoms with E-state index in [4.69, 9.17) is 0 Å². The van der Waals surface area contributed by atoms with E-state index in [2.05, 4.69) is 10.3 Å². The summed E-state index contributed by atoms with van der Waals surface area (Å²) in [5.41, 5.74) is 3.04. The summed E-state index contributed by atoms with van der Waals surface area (Å²) in [6, 6.07) is 5.62. The first-order valence-electron chi connectivity index (χ1n) is 6.92. The van der Waals surface area contributed by atoms with Crippen molar-refractivity contribution in [1.82, 2.24) is 10.3 Å². The van der Waals surface area contributed by atoms with Crippen LogP contribution in [0, 0.1) is 13.8 Å². The number of aliphatic hydroxyl groups is 1. The zero-order chi connectivity index (χ0) is 15.6. The smallest absolute Gasteiger partial charge is 0.251 e. The molecule has 3 N–H and O–H groups in total. The molecule has 1 unspecified atom stereocenters. The molecule has 1 amide bonds. The predicted molar refractivity (Wildman–Crippen MR) is 89.1 cm³/mol. The minimum atomic E-state index is -0.889. The minimum Gasteiger partial charge on any atom is -0.387 e. The van der Waals surface area contributed by atoms with E-state index in [9.17, 15) is 9.90 Å². The average molecular weight is 306 g/mol. The van der Waals surface area contributed by atoms with Gasteiger partial charge in [-0.25, -0.2) is 0 Å². The van der Waals surface area contributed by atoms with Crippen LogP contribution in [0.2, 0.25) is 0 Å². The first-order chi connectivity index (χ1) is 9.84. The van der Waals surface area contributed by atoms with E-state index >= 15 is 0 Å². The summed E-state index contributed by atoms with van der Waals surface area (Å²) in [5, 5.41) is 14.0. The maximum Gasteiger partial charge on any atom is 0.251 e. The molecule has 1 atom stereocenters. The molecule has 2 aromatic rings. The molecule has 0 radical (unpaired) electrons. The lowest BCUT2D eigenvalue weighted by Gasteiger charge is -2.22. The fourth-order valence-electron chi connectivity index (χ4n) is 2.34. The summed E-state index contributed by atoms with van der Waals surface area (Å²) in [5.74, 6) is 0.430. The maximum atomic E-state index is 12.2. The van der Waals surface area contributed by atoms with Crippen molar-refractivity contribution in [3.05, 3.63) is 35.0 Å². The van der Waals surface area contributed by atoms with Crippen molar-refractivity contribution >= 4 is 28.6 Å². The monoisotopic (exact) mass is 306 g/mol. The molecule has 0 saturated heterocycles. The Morgan fingerprint density at radius 3 is 2.81 bits per heavy atom. The van der Waals surface area contributed by atoms with E-state index in [0.717, 1.165) is 22.2 Å². The standard InChI is InChI=1S/C16H22N2O2S/c1-10-11(2)18-14-6-5-12(7-13(10)14)15(19)17-8-16(3,20)9-21-4/h5-7,18,20H,8-9H2,1-4H3,(H,17,19). The highest BCUT2D eigenvalue weighted by Gasteiger charge is 2.21. The first-order valence-corrected chi connectivity index (χ1v) is 8.32. The quantitative estimate of drug-likeness (QED) is 0.795. The number of carbonyl (C=O) groups excluding carboxylic acids is 1. The Morgan fingerprint density at radius 1 is 1.43 bits per heavy atom. The Bertz CT molecular complexity index is 662. The van der Waals surface area contributed by atoms with E-state index in [0.29, 0.717) is 11.3 Å². The molecule has 4 nitrogen and oxygen atoms in total. The van der Waals surface area contributed by atoms with Gasteiger partial charge in [-0.3, -0.25) is 4.79 Å². The van der Waals surface area contributed by atoms with E-state index in [1.807, 2.05) is 32.2 Å². The molecule has 0 saturated carbocycles. The van der Waals surface area contributed by atoms with Gasteiger partial charge in [-0.2, -0.15) is 11.8 Å². The third kappa shape index (κ3) is 3.60. The van der Waals surface area contributed by atoms with E-state index in [-0.39, 0.29) is 12.5 Å². The highest BCUT2D eigenvalue weighted by Crippen LogP contribution is 2.22. The SMILES string of the molecule is CSCC(C)(O)CNC(=O)c1ccc2[nH]c(C)c(C)c2c1. The molecule has 1 aromatic heterocycles. The van der Waals surface area contributed by atoms with Gasteiger partial charge < -0.3 is 15.4 Å². The van der Waals surface area contributed by atoms with Gasteiger partial charge in [-0.1, -0.05) is 0 Å². The van der Waals surface area contributed by atoms with Crippen molar-refractivity contribution in [2.75, 3.05) is 18.6 Å². The molecule has 1 aromatic carbocycles. The topological polar surface area (TPSA) is 65.1 Å². The van der Waals surface area contributed by atoms with Gasteiger partial charge in [0.25, 0.3) is 5.91 Å². The first kappa shape index (κ1) is 15.9. The van der Waals surface area contributed by atoms with Gasteiger partial charge >= 0.3 is 0 Å². The normalized spacial score (nSPS) is 14.1. The maximum absolute atomic E-state index is 12.2. The van der Waals surface area contributed by atoms with Crippen LogP contribution in [0.1, 0.15) is 28.5 Å². The summed E-state index contributed by atoms with van der Waals surface area (Å²) in [6.07, 6.45) is 1.93. The van der Waals surface area contributed by atoms with E-state index in [1.54, 1.807) is 24.8 Å². The second-order valence-corrected chi connectivity index (χ2v) is 6.61. The number of hydrogen-bond donors (Lipinski definition) is 3. The lowest BCUT2D eigenvalue weighted by atomic mass is 10.1. The van der Waals surface area contributed by atoms with Crippen molar-refractivity contribution in [2.45, 2.75) is 26.4 Å². The van der Waals surface area contributed by atoms with Crippen LogP contribution in [0.25, 0.3) is 10.9 Å². The zero-order valence-electron chi connectivity index (χ0n) is 12.9. The Hall–Kier alpha value is -1.46. The van der Waals surface area contributed by atoms with Crippen molar-refractivity contribution in [3.63, 3.8) is 0 Å². The van der Waals surface area contributed by atoms with Crippen LogP contribution in [0.5, 0.6) is 0 Å². The van der Waals surface area contributed by atoms with Crippen LogP contribution in [0.4, 0.5) is 0 Å². The Labute approximate surface area is 129 Å². The summed E-state index contributed by atoms with van der Waals surface area (Å²) < 4.78 is 0. The fraction of sp³-hybridized carbons (Fsp3) is 0.438. The van der Waals surface area contributed by atoms with E-state index in [1.165, 1.54) is 0 Å². The van der Waals surface area contributed by atoms with Crippen LogP contribution in [-0.4, -0.2) is 40.2 Å². The second kappa shape index (κ2) is 6.12. The number of rotatable bonds is 5. The Morgan fingerprint density at radius 2 is 2.14 bits per heavy atom. The molecule has 2 rings (SSSR count). The third-order valence-electron chi connectivity index (χ3n) is 3.66. The number of aromatic amines is 1. The number of aromatic nitrogens is 1. The van der Waals surface area contributed by atoms with Gasteiger partial charge in [-0.15, -0.1) is 0 Å². The van der Waals surface area contributed by atoms with Gasteiger partial charge in [0, 0.05) is 34.5 Å². The molecule has 0 aliphatic rings. The summed E-state index contributed by atoms with van der Waals surface area (Å²) in [4.78, 5) is 15.5. The predicted octanol–water partition coefficient (Wildman–Crippen LogP) is 2.63. The molecular formula is C16H22N2O2S. The molecule has 0 fully saturated rings. The molecule has 114 valence electrons. The lowest BCUT2D eigenvalue weighted by molar-refractivity contribution is 0.0725. The number of amides is 1. The van der Waals surface area contributed by atoms with Crippen LogP contribution >= 0.6 is 11.8 Å². The largest absolute Gasteiger partial charge is 0.387 e. The minimum absolute atomic E-state index is 0.156. The molecule has 0 aliphatic heterocycles. The summed E-state index contributed by atoms with van der Waals surface area (Å²) in [6.45, 7) is 6.04. The van der Waals surface area contributed by atoms with Gasteiger partial charge in [-0.05, 0) is 50.8 Å². The molecular weight excluding hydrogens is 284 g/mol.